The fraction of sp³-hybridized carbons (Fsp3) is 0.0714. The Morgan fingerprint density at radius 2 is 1.71 bits per heavy atom. The highest BCUT2D eigenvalue weighted by Gasteiger charge is 2.08. The highest BCUT2D eigenvalue weighted by molar-refractivity contribution is 7.92. The summed E-state index contributed by atoms with van der Waals surface area (Å²) in [4.78, 5) is 12.1. The molecule has 6 nitrogen and oxygen atoms in total. The van der Waals surface area contributed by atoms with Gasteiger partial charge in [0.05, 0.1) is 6.26 Å². The number of anilines is 3. The van der Waals surface area contributed by atoms with Gasteiger partial charge in [0.25, 0.3) is 5.91 Å². The van der Waals surface area contributed by atoms with Crippen molar-refractivity contribution < 1.29 is 13.2 Å². The van der Waals surface area contributed by atoms with E-state index in [1.165, 1.54) is 6.07 Å². The summed E-state index contributed by atoms with van der Waals surface area (Å²) in [6, 6.07) is 13.0. The maximum absolute atomic E-state index is 12.1. The number of nitrogens with two attached hydrogens (primary N) is 1. The summed E-state index contributed by atoms with van der Waals surface area (Å²) in [5, 5.41) is 2.70. The van der Waals surface area contributed by atoms with Crippen molar-refractivity contribution in [2.24, 2.45) is 0 Å². The molecule has 0 saturated heterocycles. The Morgan fingerprint density at radius 3 is 2.33 bits per heavy atom. The van der Waals surface area contributed by atoms with E-state index in [0.717, 1.165) is 6.26 Å². The molecule has 110 valence electrons. The maximum atomic E-state index is 12.1. The van der Waals surface area contributed by atoms with Crippen LogP contribution in [0.5, 0.6) is 0 Å². The first-order chi connectivity index (χ1) is 9.83. The van der Waals surface area contributed by atoms with Gasteiger partial charge >= 0.3 is 0 Å². The lowest BCUT2D eigenvalue weighted by molar-refractivity contribution is 0.102. The molecule has 0 heterocycles. The zero-order valence-electron chi connectivity index (χ0n) is 11.3. The fourth-order valence-electron chi connectivity index (χ4n) is 1.71. The van der Waals surface area contributed by atoms with E-state index in [1.807, 2.05) is 0 Å². The lowest BCUT2D eigenvalue weighted by atomic mass is 10.2. The van der Waals surface area contributed by atoms with Crippen LogP contribution in [0.15, 0.2) is 48.5 Å². The Morgan fingerprint density at radius 1 is 1.05 bits per heavy atom. The Kier molecular flexibility index (Phi) is 4.13. The van der Waals surface area contributed by atoms with Gasteiger partial charge in [-0.15, -0.1) is 0 Å². The van der Waals surface area contributed by atoms with Gasteiger partial charge in [0.1, 0.15) is 0 Å². The van der Waals surface area contributed by atoms with Gasteiger partial charge in [-0.2, -0.15) is 0 Å². The van der Waals surface area contributed by atoms with Crippen LogP contribution in [-0.4, -0.2) is 20.6 Å². The largest absolute Gasteiger partial charge is 0.399 e. The van der Waals surface area contributed by atoms with Crippen molar-refractivity contribution in [2.75, 3.05) is 22.0 Å². The summed E-state index contributed by atoms with van der Waals surface area (Å²) in [6.45, 7) is 0. The summed E-state index contributed by atoms with van der Waals surface area (Å²) < 4.78 is 24.7. The Hall–Kier alpha value is -2.54. The zero-order chi connectivity index (χ0) is 15.5. The molecule has 0 atom stereocenters. The summed E-state index contributed by atoms with van der Waals surface area (Å²) in [6.07, 6.45) is 1.05. The first kappa shape index (κ1) is 14.9. The van der Waals surface area contributed by atoms with E-state index in [9.17, 15) is 13.2 Å². The quantitative estimate of drug-likeness (QED) is 0.751. The first-order valence-electron chi connectivity index (χ1n) is 6.08. The predicted octanol–water partition coefficient (Wildman–Crippen LogP) is 1.89. The van der Waals surface area contributed by atoms with Crippen LogP contribution in [0.4, 0.5) is 17.1 Å². The summed E-state index contributed by atoms with van der Waals surface area (Å²) >= 11 is 0. The van der Waals surface area contributed by atoms with Crippen LogP contribution < -0.4 is 15.8 Å². The van der Waals surface area contributed by atoms with Crippen LogP contribution in [0.2, 0.25) is 0 Å². The molecule has 1 amide bonds. The maximum Gasteiger partial charge on any atom is 0.255 e. The minimum absolute atomic E-state index is 0.336. The number of rotatable bonds is 4. The molecule has 0 aromatic heterocycles. The molecular formula is C14H15N3O3S. The van der Waals surface area contributed by atoms with Gasteiger partial charge in [0.15, 0.2) is 0 Å². The normalized spacial score (nSPS) is 10.9. The molecule has 2 aromatic rings. The van der Waals surface area contributed by atoms with Crippen LogP contribution in [0.3, 0.4) is 0 Å². The number of nitrogen functional groups attached to an aromatic ring is 1. The summed E-state index contributed by atoms with van der Waals surface area (Å²) in [5.41, 5.74) is 7.46. The van der Waals surface area contributed by atoms with Gasteiger partial charge in [-0.1, -0.05) is 6.07 Å². The second-order valence-electron chi connectivity index (χ2n) is 4.53. The molecule has 2 rings (SSSR count). The van der Waals surface area contributed by atoms with Gasteiger partial charge in [0.2, 0.25) is 10.0 Å². The number of hydrogen-bond acceptors (Lipinski definition) is 4. The van der Waals surface area contributed by atoms with Crippen LogP contribution in [-0.2, 0) is 10.0 Å². The lowest BCUT2D eigenvalue weighted by Gasteiger charge is -2.08. The number of carbonyl (C=O) groups excluding carboxylic acids is 1. The fourth-order valence-corrected chi connectivity index (χ4v) is 2.26. The number of carbonyl (C=O) groups is 1. The van der Waals surface area contributed by atoms with Crippen molar-refractivity contribution in [2.45, 2.75) is 0 Å². The van der Waals surface area contributed by atoms with Crippen LogP contribution in [0, 0.1) is 0 Å². The van der Waals surface area contributed by atoms with E-state index < -0.39 is 10.0 Å². The third-order valence-electron chi connectivity index (χ3n) is 2.60. The molecule has 0 unspecified atom stereocenters. The molecule has 0 saturated carbocycles. The number of hydrogen-bond donors (Lipinski definition) is 3. The number of amides is 1. The average Bonchev–Trinajstić information content (AvgIpc) is 2.40. The van der Waals surface area contributed by atoms with Crippen molar-refractivity contribution in [3.05, 3.63) is 54.1 Å². The van der Waals surface area contributed by atoms with Crippen molar-refractivity contribution in [3.8, 4) is 0 Å². The predicted molar refractivity (Wildman–Crippen MR) is 83.7 cm³/mol. The molecule has 7 heteroatoms. The minimum Gasteiger partial charge on any atom is -0.399 e. The minimum atomic E-state index is -3.38. The number of benzene rings is 2. The molecule has 0 radical (unpaired) electrons. The van der Waals surface area contributed by atoms with E-state index >= 15 is 0 Å². The van der Waals surface area contributed by atoms with Crippen molar-refractivity contribution in [1.29, 1.82) is 0 Å². The molecule has 21 heavy (non-hydrogen) atoms. The van der Waals surface area contributed by atoms with Crippen molar-refractivity contribution in [1.82, 2.24) is 0 Å². The second kappa shape index (κ2) is 5.84. The highest BCUT2D eigenvalue weighted by atomic mass is 32.2. The Bertz CT molecular complexity index is 755. The standard InChI is InChI=1S/C14H15N3O3S/c1-21(19,20)17-13-4-2-3-10(9-13)14(18)16-12-7-5-11(15)6-8-12/h2-9,17H,15H2,1H3,(H,16,18). The molecule has 4 N–H and O–H groups in total. The third kappa shape index (κ3) is 4.50. The average molecular weight is 305 g/mol. The van der Waals surface area contributed by atoms with E-state index in [4.69, 9.17) is 5.73 Å². The molecule has 0 fully saturated rings. The van der Waals surface area contributed by atoms with Gasteiger partial charge in [-0.05, 0) is 42.5 Å². The first-order valence-corrected chi connectivity index (χ1v) is 7.97. The van der Waals surface area contributed by atoms with Crippen LogP contribution >= 0.6 is 0 Å². The van der Waals surface area contributed by atoms with E-state index in [2.05, 4.69) is 10.0 Å². The molecule has 2 aromatic carbocycles. The van der Waals surface area contributed by atoms with Crippen LogP contribution in [0.1, 0.15) is 10.4 Å². The zero-order valence-corrected chi connectivity index (χ0v) is 12.1. The molecule has 0 aliphatic carbocycles. The van der Waals surface area contributed by atoms with Crippen molar-refractivity contribution >= 4 is 33.0 Å². The van der Waals surface area contributed by atoms with Gasteiger partial charge in [0, 0.05) is 22.6 Å². The monoisotopic (exact) mass is 305 g/mol. The molecule has 0 spiro atoms. The van der Waals surface area contributed by atoms with Crippen molar-refractivity contribution in [3.63, 3.8) is 0 Å². The van der Waals surface area contributed by atoms with Gasteiger partial charge in [-0.3, -0.25) is 9.52 Å². The van der Waals surface area contributed by atoms with E-state index in [0.29, 0.717) is 22.6 Å². The molecule has 0 aliphatic rings. The highest BCUT2D eigenvalue weighted by Crippen LogP contribution is 2.15. The molecule has 0 aliphatic heterocycles. The number of nitrogens with one attached hydrogen (secondary N) is 2. The van der Waals surface area contributed by atoms with E-state index in [1.54, 1.807) is 42.5 Å². The smallest absolute Gasteiger partial charge is 0.255 e. The van der Waals surface area contributed by atoms with Crippen LogP contribution in [0.25, 0.3) is 0 Å². The van der Waals surface area contributed by atoms with E-state index in [-0.39, 0.29) is 5.91 Å². The summed E-state index contributed by atoms with van der Waals surface area (Å²) in [7, 11) is -3.38. The van der Waals surface area contributed by atoms with Gasteiger partial charge in [-0.25, -0.2) is 8.42 Å². The Labute approximate surface area is 123 Å². The third-order valence-corrected chi connectivity index (χ3v) is 3.20. The van der Waals surface area contributed by atoms with Gasteiger partial charge < -0.3 is 11.1 Å². The lowest BCUT2D eigenvalue weighted by Crippen LogP contribution is -2.13. The number of sulfonamides is 1. The Balaban J connectivity index is 2.16. The second-order valence-corrected chi connectivity index (χ2v) is 6.28. The SMILES string of the molecule is CS(=O)(=O)Nc1cccc(C(=O)Nc2ccc(N)cc2)c1. The molecular weight excluding hydrogens is 290 g/mol. The topological polar surface area (TPSA) is 101 Å². The molecule has 0 bridgehead atoms. The summed E-state index contributed by atoms with van der Waals surface area (Å²) in [5.74, 6) is -0.336.